The fourth-order valence-corrected chi connectivity index (χ4v) is 9.21. The number of phenols is 2. The lowest BCUT2D eigenvalue weighted by Crippen LogP contribution is -2.51. The Bertz CT molecular complexity index is 2800. The third kappa shape index (κ3) is 22.0. The van der Waals surface area contributed by atoms with Crippen molar-refractivity contribution in [3.05, 3.63) is 110 Å². The van der Waals surface area contributed by atoms with Gasteiger partial charge in [-0.05, 0) is 122 Å². The van der Waals surface area contributed by atoms with E-state index in [2.05, 4.69) is 69.7 Å². The summed E-state index contributed by atoms with van der Waals surface area (Å²) in [5.74, 6) is -6.66. The number of anilines is 1. The molecule has 430 valence electrons. The first-order valence-corrected chi connectivity index (χ1v) is 27.8. The number of carbonyl (C=O) groups excluding carboxylic acids is 6. The van der Waals surface area contributed by atoms with Crippen molar-refractivity contribution in [3.8, 4) is 11.5 Å². The standard InChI is InChI=1S/C54H67IN10O14S/c1-34-61-63-53(80-34)60-46(69)10-5-7-39-33-65(64-62-39)26-4-3-8-42(50(73)56-25-28-79-30-29-78-27-6-9-45(68)35-11-17-38(55)18-12-35)57-48(71)32-44(52(76)77)59-49(72)31-43(51(74)75)58-47(70)23-24-54(2,36-13-19-40(66)20-14-36)37-15-21-41(67)22-16-37/h11-22,33,42-44,66-67H,3-10,23-32H2,1-2H3,(H,56,73)(H,57,71)(H,58,70)(H,59,72)(H,74,75)(H,76,77)(H,60,63,69)/t42-,43-,44-/m0/s1/i55-3. The van der Waals surface area contributed by atoms with Gasteiger partial charge in [0.15, 0.2) is 5.78 Å². The van der Waals surface area contributed by atoms with Gasteiger partial charge >= 0.3 is 11.9 Å². The number of ketones is 1. The van der Waals surface area contributed by atoms with Crippen LogP contribution in [-0.2, 0) is 61.4 Å². The number of aromatic nitrogens is 5. The molecule has 0 saturated carbocycles. The van der Waals surface area contributed by atoms with Crippen molar-refractivity contribution in [3.63, 3.8) is 0 Å². The number of unbranched alkanes of at least 4 members (excludes halogenated alkanes) is 1. The predicted molar refractivity (Wildman–Crippen MR) is 300 cm³/mol. The lowest BCUT2D eigenvalue weighted by Gasteiger charge is -2.31. The number of ether oxygens (including phenoxy) is 2. The molecule has 3 aromatic carbocycles. The van der Waals surface area contributed by atoms with E-state index in [1.807, 2.05) is 19.1 Å². The molecule has 0 unspecified atom stereocenters. The van der Waals surface area contributed by atoms with Gasteiger partial charge in [-0.2, -0.15) is 0 Å². The van der Waals surface area contributed by atoms with E-state index in [-0.39, 0.29) is 75.2 Å². The third-order valence-electron chi connectivity index (χ3n) is 12.7. The zero-order valence-corrected chi connectivity index (χ0v) is 47.3. The van der Waals surface area contributed by atoms with Crippen molar-refractivity contribution < 1.29 is 68.3 Å². The molecule has 0 aliphatic heterocycles. The number of carboxylic acids is 2. The summed E-state index contributed by atoms with van der Waals surface area (Å²) < 4.78 is 13.8. The van der Waals surface area contributed by atoms with E-state index in [1.54, 1.807) is 54.2 Å². The largest absolute Gasteiger partial charge is 0.508 e. The molecule has 3 atom stereocenters. The fraction of sp³-hybridized carbons (Fsp3) is 0.444. The van der Waals surface area contributed by atoms with Gasteiger partial charge in [0.1, 0.15) is 34.6 Å². The van der Waals surface area contributed by atoms with Crippen molar-refractivity contribution in [2.45, 2.75) is 121 Å². The summed E-state index contributed by atoms with van der Waals surface area (Å²) in [5, 5.41) is 69.5. The number of amides is 5. The fourth-order valence-electron chi connectivity index (χ4n) is 8.24. The number of nitrogens with one attached hydrogen (secondary N) is 5. The quantitative estimate of drug-likeness (QED) is 0.0150. The van der Waals surface area contributed by atoms with Gasteiger partial charge in [0.05, 0.1) is 38.4 Å². The zero-order valence-electron chi connectivity index (χ0n) is 44.4. The highest BCUT2D eigenvalue weighted by Gasteiger charge is 2.33. The van der Waals surface area contributed by atoms with E-state index in [0.717, 1.165) is 8.58 Å². The first-order chi connectivity index (χ1) is 38.3. The van der Waals surface area contributed by atoms with Crippen LogP contribution in [0.15, 0.2) is 79.0 Å². The second-order valence-electron chi connectivity index (χ2n) is 18.9. The van der Waals surface area contributed by atoms with E-state index in [1.165, 1.54) is 35.6 Å². The minimum atomic E-state index is -1.85. The van der Waals surface area contributed by atoms with Crippen LogP contribution in [0.1, 0.15) is 110 Å². The molecule has 0 saturated heterocycles. The molecule has 0 spiro atoms. The Morgan fingerprint density at radius 1 is 0.662 bits per heavy atom. The Balaban J connectivity index is 1.10. The van der Waals surface area contributed by atoms with E-state index in [9.17, 15) is 58.8 Å². The summed E-state index contributed by atoms with van der Waals surface area (Å²) in [7, 11) is 0. The predicted octanol–water partition coefficient (Wildman–Crippen LogP) is 4.59. The Kier molecular flexibility index (Phi) is 25.8. The van der Waals surface area contributed by atoms with E-state index in [0.29, 0.717) is 79.2 Å². The molecule has 2 heterocycles. The second-order valence-corrected chi connectivity index (χ2v) is 21.3. The molecule has 80 heavy (non-hydrogen) atoms. The molecule has 0 radical (unpaired) electrons. The lowest BCUT2D eigenvalue weighted by molar-refractivity contribution is -0.145. The lowest BCUT2D eigenvalue weighted by atomic mass is 9.73. The summed E-state index contributed by atoms with van der Waals surface area (Å²) in [6.07, 6.45) is 3.02. The van der Waals surface area contributed by atoms with Crippen LogP contribution < -0.4 is 26.6 Å². The normalized spacial score (nSPS) is 12.4. The van der Waals surface area contributed by atoms with Crippen LogP contribution in [-0.4, -0.2) is 144 Å². The molecular formula is C54H67IN10O14S. The van der Waals surface area contributed by atoms with Gasteiger partial charge in [0, 0.05) is 59.7 Å². The number of aliphatic carboxylic acids is 2. The van der Waals surface area contributed by atoms with E-state index >= 15 is 0 Å². The number of Topliss-reactive ketones (excluding diaryl/α,β-unsaturated/α-hetero) is 1. The number of nitrogens with zero attached hydrogens (tertiary/aromatic N) is 5. The number of benzene rings is 3. The third-order valence-corrected chi connectivity index (χ3v) is 14.1. The first-order valence-electron chi connectivity index (χ1n) is 25.9. The summed E-state index contributed by atoms with van der Waals surface area (Å²) in [6, 6.07) is 15.2. The Morgan fingerprint density at radius 3 is 1.84 bits per heavy atom. The minimum Gasteiger partial charge on any atom is -0.508 e. The number of aromatic hydroxyl groups is 2. The number of phenolic OH excluding ortho intramolecular Hbond substituents is 2. The van der Waals surface area contributed by atoms with Crippen LogP contribution in [0.4, 0.5) is 5.13 Å². The molecule has 5 amide bonds. The van der Waals surface area contributed by atoms with Crippen LogP contribution >= 0.6 is 33.9 Å². The smallest absolute Gasteiger partial charge is 0.326 e. The molecule has 9 N–H and O–H groups in total. The number of carbonyl (C=O) groups is 8. The minimum absolute atomic E-state index is 0.0199. The van der Waals surface area contributed by atoms with Crippen molar-refractivity contribution in [1.29, 1.82) is 0 Å². The number of aryl methyl sites for hydroxylation is 3. The summed E-state index contributed by atoms with van der Waals surface area (Å²) in [4.78, 5) is 103. The highest BCUT2D eigenvalue weighted by molar-refractivity contribution is 14.1. The molecule has 24 nitrogen and oxygen atoms in total. The number of hydrogen-bond acceptors (Lipinski definition) is 17. The molecule has 0 fully saturated rings. The van der Waals surface area contributed by atoms with Crippen molar-refractivity contribution in [2.75, 3.05) is 38.3 Å². The number of halogens is 1. The maximum Gasteiger partial charge on any atom is 0.326 e. The van der Waals surface area contributed by atoms with Crippen molar-refractivity contribution >= 4 is 86.3 Å². The van der Waals surface area contributed by atoms with E-state index in [4.69, 9.17) is 9.47 Å². The highest BCUT2D eigenvalue weighted by atomic mass is 124. The maximum absolute atomic E-state index is 13.5. The van der Waals surface area contributed by atoms with Crippen LogP contribution in [0.5, 0.6) is 11.5 Å². The summed E-state index contributed by atoms with van der Waals surface area (Å²) in [6.45, 7) is 4.97. The van der Waals surface area contributed by atoms with Gasteiger partial charge in [0.25, 0.3) is 0 Å². The monoisotopic (exact) mass is 1240 g/mol. The second kappa shape index (κ2) is 32.6. The Morgan fingerprint density at radius 2 is 1.25 bits per heavy atom. The van der Waals surface area contributed by atoms with Gasteiger partial charge in [-0.15, -0.1) is 15.3 Å². The highest BCUT2D eigenvalue weighted by Crippen LogP contribution is 2.38. The molecule has 0 aliphatic rings. The zero-order chi connectivity index (χ0) is 58.0. The topological polar surface area (TPSA) is 353 Å². The molecule has 5 rings (SSSR count). The van der Waals surface area contributed by atoms with Crippen LogP contribution in [0.3, 0.4) is 0 Å². The van der Waals surface area contributed by atoms with Crippen molar-refractivity contribution in [1.82, 2.24) is 46.5 Å². The first kappa shape index (κ1) is 63.4. The van der Waals surface area contributed by atoms with Gasteiger partial charge in [-0.3, -0.25) is 33.4 Å². The Labute approximate surface area is 479 Å². The van der Waals surface area contributed by atoms with Gasteiger partial charge < -0.3 is 56.5 Å². The number of rotatable bonds is 36. The van der Waals surface area contributed by atoms with Crippen LogP contribution in [0.2, 0.25) is 0 Å². The molecule has 5 aromatic rings. The molecular weight excluding hydrogens is 1170 g/mol. The van der Waals surface area contributed by atoms with Gasteiger partial charge in [-0.25, -0.2) is 9.59 Å². The Hall–Kier alpha value is -7.43. The molecule has 26 heteroatoms. The van der Waals surface area contributed by atoms with Gasteiger partial charge in [0.2, 0.25) is 34.7 Å². The molecule has 0 bridgehead atoms. The van der Waals surface area contributed by atoms with Crippen LogP contribution in [0, 0.1) is 10.5 Å². The molecule has 0 aliphatic carbocycles. The number of carboxylic acid groups (broad SMARTS) is 2. The summed E-state index contributed by atoms with van der Waals surface area (Å²) in [5.41, 5.74) is 1.89. The van der Waals surface area contributed by atoms with Crippen LogP contribution in [0.25, 0.3) is 0 Å². The molecule has 2 aromatic heterocycles. The average molecular weight is 1240 g/mol. The van der Waals surface area contributed by atoms with Crippen molar-refractivity contribution in [2.24, 2.45) is 0 Å². The van der Waals surface area contributed by atoms with E-state index < -0.39 is 71.9 Å². The summed E-state index contributed by atoms with van der Waals surface area (Å²) >= 11 is 3.45. The number of hydrogen-bond donors (Lipinski definition) is 9. The SMILES string of the molecule is Cc1nnc(NC(=O)CCCc2cn(CCCC[C@H](NC(=O)C[C@H](NC(=O)C[C@H](NC(=O)CCC(C)(c3ccc(O)cc3)c3ccc(O)cc3)C(=O)O)C(=O)O)C(=O)NCCOCCOCCCC(=O)c3ccc([124I])cc3)nn2)s1. The maximum atomic E-state index is 13.5. The average Bonchev–Trinajstić information content (AvgIpc) is 4.12. The van der Waals surface area contributed by atoms with Gasteiger partial charge in [-0.1, -0.05) is 59.9 Å².